The first-order valence-corrected chi connectivity index (χ1v) is 9.48. The Morgan fingerprint density at radius 2 is 2.21 bits per heavy atom. The molecule has 1 spiro atoms. The number of aromatic nitrogens is 2. The molecule has 3 fully saturated rings. The van der Waals surface area contributed by atoms with E-state index in [0.717, 1.165) is 37.7 Å². The molecule has 1 saturated carbocycles. The number of aromatic carboxylic acids is 1. The molecule has 9 nitrogen and oxygen atoms in total. The third-order valence-corrected chi connectivity index (χ3v) is 5.98. The quantitative estimate of drug-likeness (QED) is 0.735. The van der Waals surface area contributed by atoms with Gasteiger partial charge in [0.05, 0.1) is 23.1 Å². The Balaban J connectivity index is 1.65. The lowest BCUT2D eigenvalue weighted by atomic mass is 9.79. The zero-order valence-corrected chi connectivity index (χ0v) is 15.8. The molecule has 1 aliphatic carbocycles. The maximum absolute atomic E-state index is 15.0. The summed E-state index contributed by atoms with van der Waals surface area (Å²) in [7, 11) is 1.48. The second-order valence-electron chi connectivity index (χ2n) is 7.94. The van der Waals surface area contributed by atoms with E-state index in [1.807, 2.05) is 0 Å². The molecule has 29 heavy (non-hydrogen) atoms. The van der Waals surface area contributed by atoms with Crippen molar-refractivity contribution in [2.45, 2.75) is 18.9 Å². The molecule has 0 unspecified atom stereocenters. The van der Waals surface area contributed by atoms with Crippen LogP contribution in [0.3, 0.4) is 0 Å². The van der Waals surface area contributed by atoms with Gasteiger partial charge in [-0.1, -0.05) is 5.16 Å². The van der Waals surface area contributed by atoms with E-state index in [-0.39, 0.29) is 28.2 Å². The predicted octanol–water partition coefficient (Wildman–Crippen LogP) is 0.981. The van der Waals surface area contributed by atoms with E-state index in [0.29, 0.717) is 18.7 Å². The van der Waals surface area contributed by atoms with Crippen LogP contribution in [0.5, 0.6) is 0 Å². The third kappa shape index (κ3) is 2.70. The van der Waals surface area contributed by atoms with Crippen molar-refractivity contribution in [3.05, 3.63) is 33.9 Å². The van der Waals surface area contributed by atoms with Crippen molar-refractivity contribution in [3.63, 3.8) is 0 Å². The largest absolute Gasteiger partial charge is 0.477 e. The molecular formula is C19H20FN5O4. The van der Waals surface area contributed by atoms with Gasteiger partial charge in [-0.2, -0.15) is 0 Å². The Morgan fingerprint density at radius 1 is 1.45 bits per heavy atom. The number of hydrogen-bond acceptors (Lipinski definition) is 7. The molecular weight excluding hydrogens is 381 g/mol. The van der Waals surface area contributed by atoms with Crippen LogP contribution >= 0.6 is 0 Å². The summed E-state index contributed by atoms with van der Waals surface area (Å²) in [5.41, 5.74) is -0.140. The van der Waals surface area contributed by atoms with Crippen molar-refractivity contribution in [1.29, 1.82) is 0 Å². The van der Waals surface area contributed by atoms with Gasteiger partial charge in [0.2, 0.25) is 5.43 Å². The van der Waals surface area contributed by atoms with Crippen LogP contribution in [0.15, 0.2) is 22.2 Å². The topological polar surface area (TPSA) is 109 Å². The van der Waals surface area contributed by atoms with Crippen LogP contribution in [0.4, 0.5) is 10.2 Å². The summed E-state index contributed by atoms with van der Waals surface area (Å²) in [6.45, 7) is 2.38. The highest BCUT2D eigenvalue weighted by Gasteiger charge is 2.50. The highest BCUT2D eigenvalue weighted by Crippen LogP contribution is 2.39. The normalized spacial score (nSPS) is 21.7. The minimum Gasteiger partial charge on any atom is -0.477 e. The summed E-state index contributed by atoms with van der Waals surface area (Å²) in [5.74, 6) is -1.84. The van der Waals surface area contributed by atoms with Crippen molar-refractivity contribution >= 4 is 28.5 Å². The summed E-state index contributed by atoms with van der Waals surface area (Å²) in [4.78, 5) is 35.3. The molecule has 2 N–H and O–H groups in total. The fourth-order valence-corrected chi connectivity index (χ4v) is 4.23. The van der Waals surface area contributed by atoms with Crippen molar-refractivity contribution in [2.24, 2.45) is 10.6 Å². The SMILES string of the molecule is CO/N=C1\CN(c2nc3c(cc2F)c(=O)c(C(=O)O)cn3C2CC2)CC12CNC2. The zero-order valence-electron chi connectivity index (χ0n) is 15.8. The van der Waals surface area contributed by atoms with Gasteiger partial charge in [0, 0.05) is 31.9 Å². The lowest BCUT2D eigenvalue weighted by Gasteiger charge is -2.38. The Bertz CT molecular complexity index is 1120. The molecule has 5 rings (SSSR count). The van der Waals surface area contributed by atoms with Crippen molar-refractivity contribution < 1.29 is 19.1 Å². The Labute approximate surface area is 164 Å². The predicted molar refractivity (Wildman–Crippen MR) is 103 cm³/mol. The number of carboxylic acids is 1. The van der Waals surface area contributed by atoms with E-state index >= 15 is 4.39 Å². The first kappa shape index (κ1) is 18.0. The average Bonchev–Trinajstić information content (AvgIpc) is 3.42. The number of pyridine rings is 2. The number of hydrogen-bond donors (Lipinski definition) is 2. The van der Waals surface area contributed by atoms with E-state index in [1.54, 1.807) is 9.47 Å². The number of carbonyl (C=O) groups is 1. The van der Waals surface area contributed by atoms with Gasteiger partial charge in [-0.3, -0.25) is 4.79 Å². The Hall–Kier alpha value is -3.01. The molecule has 0 amide bonds. The number of carboxylic acid groups (broad SMARTS) is 1. The second-order valence-corrected chi connectivity index (χ2v) is 7.94. The van der Waals surface area contributed by atoms with Gasteiger partial charge < -0.3 is 24.7 Å². The summed E-state index contributed by atoms with van der Waals surface area (Å²) in [6.07, 6.45) is 3.07. The van der Waals surface area contributed by atoms with Crippen LogP contribution in [-0.4, -0.2) is 59.6 Å². The van der Waals surface area contributed by atoms with E-state index in [2.05, 4.69) is 15.5 Å². The van der Waals surface area contributed by atoms with Gasteiger partial charge in [0.15, 0.2) is 11.6 Å². The van der Waals surface area contributed by atoms with E-state index in [9.17, 15) is 14.7 Å². The molecule has 0 aromatic carbocycles. The van der Waals surface area contributed by atoms with Crippen LogP contribution in [0.25, 0.3) is 11.0 Å². The summed E-state index contributed by atoms with van der Waals surface area (Å²) in [5, 5.41) is 16.7. The fourth-order valence-electron chi connectivity index (χ4n) is 4.23. The van der Waals surface area contributed by atoms with Crippen LogP contribution in [0, 0.1) is 11.2 Å². The molecule has 2 aliphatic heterocycles. The molecule has 0 atom stereocenters. The maximum atomic E-state index is 15.0. The van der Waals surface area contributed by atoms with Gasteiger partial charge in [-0.25, -0.2) is 14.2 Å². The molecule has 2 saturated heterocycles. The number of nitrogens with zero attached hydrogens (tertiary/aromatic N) is 4. The van der Waals surface area contributed by atoms with E-state index in [4.69, 9.17) is 4.84 Å². The standard InChI is InChI=1S/C19H20FN5O4/c1-29-23-14-6-24(9-19(14)7-21-8-19)17-13(20)4-11-15(26)12(18(27)28)5-25(10-2-3-10)16(11)22-17/h4-5,10,21H,2-3,6-9H2,1H3,(H,27,28)/b23-14+. The fraction of sp³-hybridized carbons (Fsp3) is 0.474. The smallest absolute Gasteiger partial charge is 0.341 e. The minimum absolute atomic E-state index is 0.0111. The molecule has 10 heteroatoms. The van der Waals surface area contributed by atoms with Crippen LogP contribution in [0.2, 0.25) is 0 Å². The monoisotopic (exact) mass is 401 g/mol. The molecule has 0 radical (unpaired) electrons. The van der Waals surface area contributed by atoms with Crippen LogP contribution in [0.1, 0.15) is 29.2 Å². The van der Waals surface area contributed by atoms with Crippen molar-refractivity contribution in [1.82, 2.24) is 14.9 Å². The maximum Gasteiger partial charge on any atom is 0.341 e. The highest BCUT2D eigenvalue weighted by molar-refractivity contribution is 5.98. The summed E-state index contributed by atoms with van der Waals surface area (Å²) >= 11 is 0. The van der Waals surface area contributed by atoms with Crippen LogP contribution in [-0.2, 0) is 4.84 Å². The summed E-state index contributed by atoms with van der Waals surface area (Å²) < 4.78 is 16.7. The number of nitrogens with one attached hydrogen (secondary N) is 1. The first-order valence-electron chi connectivity index (χ1n) is 9.48. The van der Waals surface area contributed by atoms with Gasteiger partial charge >= 0.3 is 5.97 Å². The number of fused-ring (bicyclic) bond motifs is 1. The Kier molecular flexibility index (Phi) is 3.89. The van der Waals surface area contributed by atoms with Crippen LogP contribution < -0.4 is 15.6 Å². The molecule has 0 bridgehead atoms. The number of oxime groups is 1. The van der Waals surface area contributed by atoms with Crippen molar-refractivity contribution in [2.75, 3.05) is 38.2 Å². The minimum atomic E-state index is -1.32. The molecule has 2 aromatic heterocycles. The van der Waals surface area contributed by atoms with Gasteiger partial charge in [-0.15, -0.1) is 0 Å². The lowest BCUT2D eigenvalue weighted by Crippen LogP contribution is -2.58. The molecule has 4 heterocycles. The Morgan fingerprint density at radius 3 is 2.79 bits per heavy atom. The first-order chi connectivity index (χ1) is 13.9. The number of anilines is 1. The highest BCUT2D eigenvalue weighted by atomic mass is 19.1. The lowest BCUT2D eigenvalue weighted by molar-refractivity contribution is 0.0695. The van der Waals surface area contributed by atoms with E-state index < -0.39 is 17.2 Å². The molecule has 3 aliphatic rings. The van der Waals surface area contributed by atoms with Gasteiger partial charge in [0.25, 0.3) is 0 Å². The van der Waals surface area contributed by atoms with Gasteiger partial charge in [-0.05, 0) is 18.9 Å². The zero-order chi connectivity index (χ0) is 20.3. The number of rotatable bonds is 4. The number of halogens is 1. The molecule has 2 aromatic rings. The summed E-state index contributed by atoms with van der Waals surface area (Å²) in [6, 6.07) is 1.19. The average molecular weight is 401 g/mol. The van der Waals surface area contributed by atoms with Crippen molar-refractivity contribution in [3.8, 4) is 0 Å². The van der Waals surface area contributed by atoms with E-state index in [1.165, 1.54) is 13.3 Å². The van der Waals surface area contributed by atoms with Gasteiger partial charge in [0.1, 0.15) is 18.3 Å². The third-order valence-electron chi connectivity index (χ3n) is 5.98. The molecule has 152 valence electrons. The second kappa shape index (κ2) is 6.24.